The molecule has 0 fully saturated rings. The molecule has 0 unspecified atom stereocenters. The summed E-state index contributed by atoms with van der Waals surface area (Å²) in [6, 6.07) is 8.69. The molecule has 0 heterocycles. The molecule has 2 aromatic rings. The second kappa shape index (κ2) is 7.00. The van der Waals surface area contributed by atoms with Gasteiger partial charge >= 0.3 is 0 Å². The summed E-state index contributed by atoms with van der Waals surface area (Å²) in [6.07, 6.45) is -0.541. The number of hydrogen-bond donors (Lipinski definition) is 2. The van der Waals surface area contributed by atoms with Gasteiger partial charge in [0.2, 0.25) is 11.8 Å². The fraction of sp³-hybridized carbons (Fsp3) is 0.176. The van der Waals surface area contributed by atoms with Crippen molar-refractivity contribution in [3.63, 3.8) is 0 Å². The van der Waals surface area contributed by atoms with E-state index in [2.05, 4.69) is 10.6 Å². The summed E-state index contributed by atoms with van der Waals surface area (Å²) in [4.78, 5) is 23.6. The van der Waals surface area contributed by atoms with Gasteiger partial charge in [0.05, 0.1) is 0 Å². The summed E-state index contributed by atoms with van der Waals surface area (Å²) < 4.78 is 26.9. The zero-order valence-corrected chi connectivity index (χ0v) is 12.7. The van der Waals surface area contributed by atoms with Crippen LogP contribution in [-0.4, -0.2) is 11.8 Å². The van der Waals surface area contributed by atoms with Crippen LogP contribution in [0.4, 0.5) is 20.2 Å². The van der Waals surface area contributed by atoms with E-state index in [1.807, 2.05) is 26.0 Å². The Labute approximate surface area is 132 Å². The lowest BCUT2D eigenvalue weighted by Crippen LogP contribution is -2.22. The number of para-hydroxylation sites is 1. The van der Waals surface area contributed by atoms with Crippen LogP contribution >= 0.6 is 0 Å². The van der Waals surface area contributed by atoms with E-state index in [1.165, 1.54) is 6.07 Å². The maximum absolute atomic E-state index is 13.4. The number of anilines is 2. The number of nitrogens with one attached hydrogen (secondary N) is 2. The predicted octanol–water partition coefficient (Wildman–Crippen LogP) is 3.55. The minimum absolute atomic E-state index is 0.541. The van der Waals surface area contributed by atoms with Gasteiger partial charge in [0.1, 0.15) is 23.7 Å². The van der Waals surface area contributed by atoms with Crippen molar-refractivity contribution in [1.82, 2.24) is 0 Å². The van der Waals surface area contributed by atoms with Gasteiger partial charge < -0.3 is 10.6 Å². The topological polar surface area (TPSA) is 58.2 Å². The van der Waals surface area contributed by atoms with E-state index in [9.17, 15) is 18.4 Å². The average molecular weight is 318 g/mol. The van der Waals surface area contributed by atoms with Crippen molar-refractivity contribution in [1.29, 1.82) is 0 Å². The highest BCUT2D eigenvalue weighted by molar-refractivity contribution is 6.08. The van der Waals surface area contributed by atoms with Crippen LogP contribution in [0.15, 0.2) is 36.4 Å². The van der Waals surface area contributed by atoms with Crippen LogP contribution in [0.25, 0.3) is 0 Å². The zero-order valence-electron chi connectivity index (χ0n) is 12.7. The van der Waals surface area contributed by atoms with Crippen LogP contribution in [0.5, 0.6) is 0 Å². The van der Waals surface area contributed by atoms with E-state index in [-0.39, 0.29) is 0 Å². The number of halogens is 2. The summed E-state index contributed by atoms with van der Waals surface area (Å²) in [5, 5.41) is 4.67. The highest BCUT2D eigenvalue weighted by Crippen LogP contribution is 2.19. The van der Waals surface area contributed by atoms with Crippen molar-refractivity contribution in [2.24, 2.45) is 0 Å². The fourth-order valence-corrected chi connectivity index (χ4v) is 2.09. The highest BCUT2D eigenvalue weighted by atomic mass is 19.1. The van der Waals surface area contributed by atoms with Crippen LogP contribution in [0.3, 0.4) is 0 Å². The van der Waals surface area contributed by atoms with E-state index >= 15 is 0 Å². The molecule has 2 N–H and O–H groups in total. The first kappa shape index (κ1) is 16.6. The Morgan fingerprint density at radius 2 is 1.57 bits per heavy atom. The van der Waals surface area contributed by atoms with Gasteiger partial charge in [-0.1, -0.05) is 23.8 Å². The number of hydrogen-bond acceptors (Lipinski definition) is 2. The number of aryl methyl sites for hydroxylation is 2. The summed E-state index contributed by atoms with van der Waals surface area (Å²) in [5.41, 5.74) is 1.94. The zero-order chi connectivity index (χ0) is 17.0. The molecular weight excluding hydrogens is 302 g/mol. The second-order valence-electron chi connectivity index (χ2n) is 5.19. The molecular formula is C17H16F2N2O2. The molecule has 0 aliphatic rings. The highest BCUT2D eigenvalue weighted by Gasteiger charge is 2.15. The minimum Gasteiger partial charge on any atom is -0.325 e. The molecule has 2 aromatic carbocycles. The Balaban J connectivity index is 1.99. The number of rotatable bonds is 4. The molecule has 4 nitrogen and oxygen atoms in total. The first-order valence-corrected chi connectivity index (χ1v) is 6.98. The molecule has 0 bridgehead atoms. The third kappa shape index (κ3) is 4.35. The minimum atomic E-state index is -0.895. The summed E-state index contributed by atoms with van der Waals surface area (Å²) >= 11 is 0. The maximum Gasteiger partial charge on any atom is 0.233 e. The van der Waals surface area contributed by atoms with Crippen molar-refractivity contribution >= 4 is 23.2 Å². The Morgan fingerprint density at radius 1 is 0.957 bits per heavy atom. The standard InChI is InChI=1S/C17H16F2N2O2/c1-10-6-7-14(11(2)8-10)20-15(22)9-16(23)21-17-12(18)4-3-5-13(17)19/h3-8H,9H2,1-2H3,(H,20,22)(H,21,23). The van der Waals surface area contributed by atoms with E-state index in [0.717, 1.165) is 23.3 Å². The fourth-order valence-electron chi connectivity index (χ4n) is 2.09. The lowest BCUT2D eigenvalue weighted by molar-refractivity contribution is -0.123. The Bertz CT molecular complexity index is 740. The normalized spacial score (nSPS) is 10.3. The SMILES string of the molecule is Cc1ccc(NC(=O)CC(=O)Nc2c(F)cccc2F)c(C)c1. The van der Waals surface area contributed by atoms with E-state index in [0.29, 0.717) is 5.69 Å². The van der Waals surface area contributed by atoms with Crippen LogP contribution in [0.1, 0.15) is 17.5 Å². The molecule has 0 spiro atoms. The Morgan fingerprint density at radius 3 is 2.17 bits per heavy atom. The molecule has 6 heteroatoms. The molecule has 0 aromatic heterocycles. The molecule has 0 radical (unpaired) electrons. The van der Waals surface area contributed by atoms with Crippen molar-refractivity contribution in [2.75, 3.05) is 10.6 Å². The number of carbonyl (C=O) groups is 2. The molecule has 0 saturated carbocycles. The van der Waals surface area contributed by atoms with Crippen LogP contribution in [0.2, 0.25) is 0 Å². The molecule has 0 aliphatic carbocycles. The van der Waals surface area contributed by atoms with E-state index in [4.69, 9.17) is 0 Å². The quantitative estimate of drug-likeness (QED) is 0.847. The molecule has 0 atom stereocenters. The molecule has 2 rings (SSSR count). The number of benzene rings is 2. The maximum atomic E-state index is 13.4. The van der Waals surface area contributed by atoms with Gasteiger partial charge in [0.15, 0.2) is 0 Å². The van der Waals surface area contributed by atoms with Gasteiger partial charge in [-0.05, 0) is 37.6 Å². The lowest BCUT2D eigenvalue weighted by Gasteiger charge is -2.10. The number of amides is 2. The van der Waals surface area contributed by atoms with E-state index in [1.54, 1.807) is 6.07 Å². The lowest BCUT2D eigenvalue weighted by atomic mass is 10.1. The summed E-state index contributed by atoms with van der Waals surface area (Å²) in [6.45, 7) is 3.76. The van der Waals surface area contributed by atoms with Crippen LogP contribution in [-0.2, 0) is 9.59 Å². The van der Waals surface area contributed by atoms with Gasteiger partial charge in [-0.15, -0.1) is 0 Å². The van der Waals surface area contributed by atoms with E-state index < -0.39 is 35.6 Å². The third-order valence-electron chi connectivity index (χ3n) is 3.20. The first-order chi connectivity index (χ1) is 10.9. The monoisotopic (exact) mass is 318 g/mol. The van der Waals surface area contributed by atoms with Crippen LogP contribution in [0, 0.1) is 25.5 Å². The largest absolute Gasteiger partial charge is 0.325 e. The van der Waals surface area contributed by atoms with Crippen molar-refractivity contribution in [2.45, 2.75) is 20.3 Å². The predicted molar refractivity (Wildman–Crippen MR) is 84.2 cm³/mol. The van der Waals surface area contributed by atoms with Gasteiger partial charge in [-0.2, -0.15) is 0 Å². The molecule has 120 valence electrons. The second-order valence-corrected chi connectivity index (χ2v) is 5.19. The van der Waals surface area contributed by atoms with Crippen LogP contribution < -0.4 is 10.6 Å². The summed E-state index contributed by atoms with van der Waals surface area (Å²) in [5.74, 6) is -3.15. The Kier molecular flexibility index (Phi) is 5.05. The average Bonchev–Trinajstić information content (AvgIpc) is 2.46. The smallest absolute Gasteiger partial charge is 0.233 e. The van der Waals surface area contributed by atoms with Gasteiger partial charge in [-0.3, -0.25) is 9.59 Å². The molecule has 2 amide bonds. The first-order valence-electron chi connectivity index (χ1n) is 6.98. The molecule has 0 aliphatic heterocycles. The number of carbonyl (C=O) groups excluding carboxylic acids is 2. The summed E-state index contributed by atoms with van der Waals surface area (Å²) in [7, 11) is 0. The molecule has 0 saturated heterocycles. The van der Waals surface area contributed by atoms with Crippen molar-refractivity contribution in [3.8, 4) is 0 Å². The Hall–Kier alpha value is -2.76. The molecule has 23 heavy (non-hydrogen) atoms. The van der Waals surface area contributed by atoms with Crippen molar-refractivity contribution in [3.05, 3.63) is 59.2 Å². The van der Waals surface area contributed by atoms with Gasteiger partial charge in [0, 0.05) is 5.69 Å². The van der Waals surface area contributed by atoms with Gasteiger partial charge in [0.25, 0.3) is 0 Å². The third-order valence-corrected chi connectivity index (χ3v) is 3.20. The van der Waals surface area contributed by atoms with Gasteiger partial charge in [-0.25, -0.2) is 8.78 Å². The van der Waals surface area contributed by atoms with Crippen molar-refractivity contribution < 1.29 is 18.4 Å².